The minimum absolute atomic E-state index is 0.0238. The van der Waals surface area contributed by atoms with Crippen LogP contribution in [0.1, 0.15) is 36.0 Å². The van der Waals surface area contributed by atoms with Crippen LogP contribution in [0, 0.1) is 19.8 Å². The Kier molecular flexibility index (Phi) is 6.80. The zero-order valence-electron chi connectivity index (χ0n) is 20.6. The van der Waals surface area contributed by atoms with Crippen LogP contribution in [-0.2, 0) is 11.2 Å². The molecule has 180 valence electrons. The second-order valence-corrected chi connectivity index (χ2v) is 9.59. The van der Waals surface area contributed by atoms with Crippen molar-refractivity contribution in [1.29, 1.82) is 0 Å². The van der Waals surface area contributed by atoms with E-state index in [1.54, 1.807) is 6.20 Å². The van der Waals surface area contributed by atoms with Crippen molar-refractivity contribution in [2.24, 2.45) is 5.92 Å². The van der Waals surface area contributed by atoms with Gasteiger partial charge in [0.25, 0.3) is 0 Å². The van der Waals surface area contributed by atoms with Crippen molar-refractivity contribution in [2.45, 2.75) is 39.5 Å². The van der Waals surface area contributed by atoms with Crippen molar-refractivity contribution < 1.29 is 4.79 Å². The number of hydrogen-bond donors (Lipinski definition) is 1. The highest BCUT2D eigenvalue weighted by Gasteiger charge is 2.27. The summed E-state index contributed by atoms with van der Waals surface area (Å²) in [5.41, 5.74) is 6.83. The number of aromatic nitrogens is 3. The quantitative estimate of drug-likeness (QED) is 0.390. The van der Waals surface area contributed by atoms with Crippen molar-refractivity contribution in [2.75, 3.05) is 24.5 Å². The van der Waals surface area contributed by atoms with E-state index >= 15 is 0 Å². The van der Waals surface area contributed by atoms with Gasteiger partial charge in [0, 0.05) is 37.6 Å². The molecule has 0 bridgehead atoms. The molecule has 1 atom stereocenters. The molecule has 1 aliphatic rings. The van der Waals surface area contributed by atoms with Gasteiger partial charge in [-0.3, -0.25) is 4.79 Å². The second-order valence-electron chi connectivity index (χ2n) is 9.59. The van der Waals surface area contributed by atoms with Gasteiger partial charge in [0.05, 0.1) is 11.6 Å². The number of nitrogens with zero attached hydrogens (tertiary/aromatic N) is 4. The maximum atomic E-state index is 12.9. The SMILES string of the molecule is Cc1ccc(-c2cc3c(N4CCC[C@H](C(=O)NCCCc5ccccc5)C4)nccn3n2)c(C)c1. The average molecular weight is 468 g/mol. The van der Waals surface area contributed by atoms with Crippen LogP contribution in [0.25, 0.3) is 16.8 Å². The normalized spacial score (nSPS) is 15.9. The van der Waals surface area contributed by atoms with E-state index in [0.29, 0.717) is 13.1 Å². The number of amides is 1. The molecular weight excluding hydrogens is 434 g/mol. The molecule has 1 fully saturated rings. The minimum Gasteiger partial charge on any atom is -0.356 e. The molecule has 1 amide bonds. The number of rotatable bonds is 7. The molecule has 5 rings (SSSR count). The summed E-state index contributed by atoms with van der Waals surface area (Å²) in [5, 5.41) is 7.99. The van der Waals surface area contributed by atoms with Crippen LogP contribution in [-0.4, -0.2) is 40.1 Å². The first-order chi connectivity index (χ1) is 17.1. The molecule has 4 aromatic rings. The first-order valence-electron chi connectivity index (χ1n) is 12.6. The number of hydrogen-bond acceptors (Lipinski definition) is 4. The summed E-state index contributed by atoms with van der Waals surface area (Å²) in [7, 11) is 0. The molecule has 1 aliphatic heterocycles. The molecule has 6 nitrogen and oxygen atoms in total. The summed E-state index contributed by atoms with van der Waals surface area (Å²) in [5.74, 6) is 1.03. The fourth-order valence-corrected chi connectivity index (χ4v) is 5.06. The summed E-state index contributed by atoms with van der Waals surface area (Å²) in [6, 6.07) is 19.0. The zero-order chi connectivity index (χ0) is 24.2. The van der Waals surface area contributed by atoms with E-state index in [0.717, 1.165) is 54.8 Å². The lowest BCUT2D eigenvalue weighted by molar-refractivity contribution is -0.125. The average Bonchev–Trinajstić information content (AvgIpc) is 3.31. The largest absolute Gasteiger partial charge is 0.356 e. The van der Waals surface area contributed by atoms with Gasteiger partial charge in [-0.15, -0.1) is 0 Å². The molecule has 0 unspecified atom stereocenters. The van der Waals surface area contributed by atoms with Gasteiger partial charge in [0.15, 0.2) is 5.82 Å². The summed E-state index contributed by atoms with van der Waals surface area (Å²) in [4.78, 5) is 19.9. The number of benzene rings is 2. The van der Waals surface area contributed by atoms with E-state index in [2.05, 4.69) is 72.6 Å². The minimum atomic E-state index is -0.0238. The molecule has 6 heteroatoms. The summed E-state index contributed by atoms with van der Waals surface area (Å²) >= 11 is 0. The van der Waals surface area contributed by atoms with Crippen molar-refractivity contribution >= 4 is 17.2 Å². The molecule has 1 N–H and O–H groups in total. The van der Waals surface area contributed by atoms with Gasteiger partial charge < -0.3 is 10.2 Å². The highest BCUT2D eigenvalue weighted by Crippen LogP contribution is 2.30. The van der Waals surface area contributed by atoms with Crippen molar-refractivity contribution in [3.05, 3.63) is 83.7 Å². The number of fused-ring (bicyclic) bond motifs is 1. The molecule has 1 saturated heterocycles. The van der Waals surface area contributed by atoms with E-state index in [4.69, 9.17) is 10.1 Å². The number of nitrogens with one attached hydrogen (secondary N) is 1. The predicted molar refractivity (Wildman–Crippen MR) is 141 cm³/mol. The van der Waals surface area contributed by atoms with Crippen LogP contribution in [0.2, 0.25) is 0 Å². The Morgan fingerprint density at radius 1 is 1.11 bits per heavy atom. The molecule has 35 heavy (non-hydrogen) atoms. The number of anilines is 1. The van der Waals surface area contributed by atoms with Gasteiger partial charge in [0.1, 0.15) is 5.52 Å². The Morgan fingerprint density at radius 2 is 1.97 bits per heavy atom. The Bertz CT molecular complexity index is 1310. The first kappa shape index (κ1) is 23.1. The van der Waals surface area contributed by atoms with Crippen LogP contribution < -0.4 is 10.2 Å². The Morgan fingerprint density at radius 3 is 2.80 bits per heavy atom. The molecule has 0 aliphatic carbocycles. The second kappa shape index (κ2) is 10.3. The van der Waals surface area contributed by atoms with E-state index < -0.39 is 0 Å². The Balaban J connectivity index is 1.26. The Hall–Kier alpha value is -3.67. The predicted octanol–water partition coefficient (Wildman–Crippen LogP) is 4.98. The zero-order valence-corrected chi connectivity index (χ0v) is 20.6. The number of carbonyl (C=O) groups is 1. The Labute approximate surface area is 207 Å². The third-order valence-corrected chi connectivity index (χ3v) is 6.90. The summed E-state index contributed by atoms with van der Waals surface area (Å²) in [6.07, 6.45) is 7.51. The van der Waals surface area contributed by atoms with E-state index in [-0.39, 0.29) is 11.8 Å². The fraction of sp³-hybridized carbons (Fsp3) is 0.345. The topological polar surface area (TPSA) is 62.5 Å². The van der Waals surface area contributed by atoms with Gasteiger partial charge in [0.2, 0.25) is 5.91 Å². The van der Waals surface area contributed by atoms with E-state index in [1.807, 2.05) is 16.8 Å². The van der Waals surface area contributed by atoms with Crippen LogP contribution >= 0.6 is 0 Å². The molecule has 2 aromatic heterocycles. The van der Waals surface area contributed by atoms with Crippen LogP contribution in [0.3, 0.4) is 0 Å². The standard InChI is InChI=1S/C29H33N5O/c1-21-12-13-25(22(2)18-21)26-19-27-28(30-15-17-34(27)32-26)33-16-7-11-24(20-33)29(35)31-14-6-10-23-8-4-3-5-9-23/h3-5,8-9,12-13,15,17-19,24H,6-7,10-11,14,16,20H2,1-2H3,(H,31,35)/t24-/m0/s1. The highest BCUT2D eigenvalue weighted by molar-refractivity contribution is 5.81. The van der Waals surface area contributed by atoms with Crippen molar-refractivity contribution in [3.8, 4) is 11.3 Å². The fourth-order valence-electron chi connectivity index (χ4n) is 5.06. The van der Waals surface area contributed by atoms with Crippen LogP contribution in [0.4, 0.5) is 5.82 Å². The maximum Gasteiger partial charge on any atom is 0.224 e. The number of aryl methyl sites for hydroxylation is 3. The lowest BCUT2D eigenvalue weighted by Crippen LogP contribution is -2.43. The van der Waals surface area contributed by atoms with Crippen LogP contribution in [0.5, 0.6) is 0 Å². The van der Waals surface area contributed by atoms with Crippen molar-refractivity contribution in [1.82, 2.24) is 19.9 Å². The third kappa shape index (κ3) is 5.21. The smallest absolute Gasteiger partial charge is 0.224 e. The van der Waals surface area contributed by atoms with Gasteiger partial charge in [-0.1, -0.05) is 54.1 Å². The van der Waals surface area contributed by atoms with Gasteiger partial charge in [-0.25, -0.2) is 9.50 Å². The first-order valence-corrected chi connectivity index (χ1v) is 12.6. The summed E-state index contributed by atoms with van der Waals surface area (Å²) < 4.78 is 1.91. The molecular formula is C29H33N5O. The number of piperidine rings is 1. The molecule has 3 heterocycles. The van der Waals surface area contributed by atoms with Gasteiger partial charge >= 0.3 is 0 Å². The molecule has 0 saturated carbocycles. The maximum absolute atomic E-state index is 12.9. The molecule has 0 spiro atoms. The third-order valence-electron chi connectivity index (χ3n) is 6.90. The lowest BCUT2D eigenvalue weighted by atomic mass is 9.97. The monoisotopic (exact) mass is 467 g/mol. The van der Waals surface area contributed by atoms with E-state index in [9.17, 15) is 4.79 Å². The van der Waals surface area contributed by atoms with Crippen LogP contribution in [0.15, 0.2) is 67.0 Å². The molecule has 2 aromatic carbocycles. The summed E-state index contributed by atoms with van der Waals surface area (Å²) in [6.45, 7) is 6.52. The van der Waals surface area contributed by atoms with Gasteiger partial charge in [-0.05, 0) is 56.7 Å². The highest BCUT2D eigenvalue weighted by atomic mass is 16.1. The van der Waals surface area contributed by atoms with Gasteiger partial charge in [-0.2, -0.15) is 5.10 Å². The number of carbonyl (C=O) groups excluding carboxylic acids is 1. The lowest BCUT2D eigenvalue weighted by Gasteiger charge is -2.33. The van der Waals surface area contributed by atoms with Crippen molar-refractivity contribution in [3.63, 3.8) is 0 Å². The molecule has 0 radical (unpaired) electrons. The van der Waals surface area contributed by atoms with E-state index in [1.165, 1.54) is 16.7 Å².